The van der Waals surface area contributed by atoms with Crippen LogP contribution in [0.4, 0.5) is 5.00 Å². The second-order valence-corrected chi connectivity index (χ2v) is 6.79. The summed E-state index contributed by atoms with van der Waals surface area (Å²) in [5, 5.41) is 9.37. The number of amides is 2. The fraction of sp³-hybridized carbons (Fsp3) is 0.158. The van der Waals surface area contributed by atoms with Gasteiger partial charge in [-0.1, -0.05) is 42.5 Å². The van der Waals surface area contributed by atoms with E-state index >= 15 is 0 Å². The molecule has 6 heteroatoms. The van der Waals surface area contributed by atoms with E-state index in [9.17, 15) is 9.59 Å². The van der Waals surface area contributed by atoms with Gasteiger partial charge in [0.05, 0.1) is 5.56 Å². The van der Waals surface area contributed by atoms with E-state index in [4.69, 9.17) is 5.73 Å². The second kappa shape index (κ2) is 7.46. The molecule has 0 aliphatic rings. The van der Waals surface area contributed by atoms with Crippen molar-refractivity contribution in [3.8, 4) is 0 Å². The van der Waals surface area contributed by atoms with Gasteiger partial charge in [-0.15, -0.1) is 11.3 Å². The maximum Gasteiger partial charge on any atom is 0.280 e. The highest BCUT2D eigenvalue weighted by Gasteiger charge is 2.16. The summed E-state index contributed by atoms with van der Waals surface area (Å²) >= 11 is 1.29. The number of primary amides is 1. The van der Waals surface area contributed by atoms with Gasteiger partial charge in [0.2, 0.25) is 0 Å². The van der Waals surface area contributed by atoms with Crippen molar-refractivity contribution in [3.05, 3.63) is 65.0 Å². The highest BCUT2D eigenvalue weighted by Crippen LogP contribution is 2.23. The lowest BCUT2D eigenvalue weighted by Crippen LogP contribution is -2.86. The van der Waals surface area contributed by atoms with Gasteiger partial charge in [-0.2, -0.15) is 0 Å². The lowest BCUT2D eigenvalue weighted by atomic mass is 10.00. The Morgan fingerprint density at radius 3 is 2.72 bits per heavy atom. The molecule has 0 aliphatic carbocycles. The van der Waals surface area contributed by atoms with Crippen molar-refractivity contribution in [3.63, 3.8) is 0 Å². The summed E-state index contributed by atoms with van der Waals surface area (Å²) in [7, 11) is 0. The first kappa shape index (κ1) is 17.1. The molecule has 0 saturated heterocycles. The summed E-state index contributed by atoms with van der Waals surface area (Å²) < 4.78 is 0. The molecule has 0 saturated carbocycles. The van der Waals surface area contributed by atoms with Crippen LogP contribution in [0.15, 0.2) is 53.9 Å². The molecular formula is C19H20N3O2S+. The number of benzene rings is 2. The first-order valence-corrected chi connectivity index (χ1v) is 8.92. The lowest BCUT2D eigenvalue weighted by Gasteiger charge is -2.13. The summed E-state index contributed by atoms with van der Waals surface area (Å²) in [6.07, 6.45) is 0. The second-order valence-electron chi connectivity index (χ2n) is 5.87. The van der Waals surface area contributed by atoms with Crippen LogP contribution in [0.5, 0.6) is 0 Å². The van der Waals surface area contributed by atoms with Crippen LogP contribution in [0.2, 0.25) is 0 Å². The van der Waals surface area contributed by atoms with Gasteiger partial charge in [0.15, 0.2) is 6.54 Å². The molecule has 0 spiro atoms. The molecule has 0 aliphatic heterocycles. The minimum absolute atomic E-state index is 0.135. The minimum Gasteiger partial charge on any atom is -0.366 e. The number of quaternary nitrogens is 1. The third-order valence-corrected chi connectivity index (χ3v) is 4.98. The Balaban J connectivity index is 1.65. The molecule has 3 rings (SSSR count). The molecule has 128 valence electrons. The predicted octanol–water partition coefficient (Wildman–Crippen LogP) is 2.26. The molecule has 1 heterocycles. The Bertz CT molecular complexity index is 914. The number of fused-ring (bicyclic) bond motifs is 1. The number of carbonyl (C=O) groups is 2. The summed E-state index contributed by atoms with van der Waals surface area (Å²) in [5.41, 5.74) is 6.84. The Hall–Kier alpha value is -2.70. The Morgan fingerprint density at radius 1 is 1.16 bits per heavy atom. The molecule has 0 fully saturated rings. The molecule has 5 N–H and O–H groups in total. The van der Waals surface area contributed by atoms with Gasteiger partial charge < -0.3 is 16.4 Å². The van der Waals surface area contributed by atoms with Gasteiger partial charge in [-0.25, -0.2) is 0 Å². The largest absolute Gasteiger partial charge is 0.366 e. The van der Waals surface area contributed by atoms with Crippen molar-refractivity contribution in [1.82, 2.24) is 0 Å². The molecule has 25 heavy (non-hydrogen) atoms. The molecule has 2 aromatic carbocycles. The smallest absolute Gasteiger partial charge is 0.280 e. The van der Waals surface area contributed by atoms with Crippen LogP contribution < -0.4 is 16.4 Å². The molecule has 0 bridgehead atoms. The first-order chi connectivity index (χ1) is 12.1. The van der Waals surface area contributed by atoms with E-state index in [-0.39, 0.29) is 18.5 Å². The Kier molecular flexibility index (Phi) is 5.11. The summed E-state index contributed by atoms with van der Waals surface area (Å²) in [4.78, 5) is 23.5. The minimum atomic E-state index is -0.537. The third-order valence-electron chi connectivity index (χ3n) is 4.15. The Morgan fingerprint density at radius 2 is 1.92 bits per heavy atom. The number of hydrogen-bond acceptors (Lipinski definition) is 3. The number of hydrogen-bond donors (Lipinski definition) is 3. The van der Waals surface area contributed by atoms with Crippen LogP contribution in [0.25, 0.3) is 10.8 Å². The van der Waals surface area contributed by atoms with Gasteiger partial charge in [-0.05, 0) is 29.1 Å². The summed E-state index contributed by atoms with van der Waals surface area (Å²) in [6, 6.07) is 16.2. The number of thiophene rings is 1. The van der Waals surface area contributed by atoms with Crippen molar-refractivity contribution in [2.45, 2.75) is 13.0 Å². The molecular weight excluding hydrogens is 334 g/mol. The molecule has 0 unspecified atom stereocenters. The molecule has 1 aromatic heterocycles. The zero-order chi connectivity index (χ0) is 17.8. The number of rotatable bonds is 6. The lowest BCUT2D eigenvalue weighted by molar-refractivity contribution is -0.682. The highest BCUT2D eigenvalue weighted by atomic mass is 32.1. The van der Waals surface area contributed by atoms with Crippen molar-refractivity contribution < 1.29 is 14.9 Å². The van der Waals surface area contributed by atoms with E-state index in [1.807, 2.05) is 23.5 Å². The Labute approximate surface area is 149 Å². The van der Waals surface area contributed by atoms with Crippen molar-refractivity contribution in [1.29, 1.82) is 0 Å². The van der Waals surface area contributed by atoms with E-state index in [1.54, 1.807) is 11.4 Å². The number of carbonyl (C=O) groups excluding carboxylic acids is 2. The molecule has 5 nitrogen and oxygen atoms in total. The molecule has 1 atom stereocenters. The first-order valence-electron chi connectivity index (χ1n) is 8.04. The van der Waals surface area contributed by atoms with E-state index in [1.165, 1.54) is 27.7 Å². The van der Waals surface area contributed by atoms with Crippen LogP contribution in [-0.2, 0) is 4.79 Å². The van der Waals surface area contributed by atoms with Gasteiger partial charge in [0.1, 0.15) is 11.0 Å². The average molecular weight is 354 g/mol. The quantitative estimate of drug-likeness (QED) is 0.634. The average Bonchev–Trinajstić information content (AvgIpc) is 3.07. The molecule has 0 radical (unpaired) electrons. The van der Waals surface area contributed by atoms with E-state index in [0.717, 1.165) is 0 Å². The topological polar surface area (TPSA) is 88.8 Å². The van der Waals surface area contributed by atoms with E-state index in [2.05, 4.69) is 36.5 Å². The van der Waals surface area contributed by atoms with E-state index in [0.29, 0.717) is 10.6 Å². The van der Waals surface area contributed by atoms with E-state index < -0.39 is 5.91 Å². The molecule has 2 amide bonds. The van der Waals surface area contributed by atoms with Crippen LogP contribution in [0.3, 0.4) is 0 Å². The van der Waals surface area contributed by atoms with Crippen molar-refractivity contribution in [2.75, 3.05) is 11.9 Å². The van der Waals surface area contributed by atoms with Gasteiger partial charge in [0, 0.05) is 5.56 Å². The SMILES string of the molecule is C[C@H]([NH2+]CC(=O)Nc1sccc1C(N)=O)c1cccc2ccccc12. The maximum absolute atomic E-state index is 12.2. The zero-order valence-electron chi connectivity index (χ0n) is 13.9. The van der Waals surface area contributed by atoms with Crippen LogP contribution in [0, 0.1) is 0 Å². The van der Waals surface area contributed by atoms with Crippen LogP contribution >= 0.6 is 11.3 Å². The zero-order valence-corrected chi connectivity index (χ0v) is 14.7. The standard InChI is InChI=1S/C19H19N3O2S/c1-12(14-8-4-6-13-5-2-3-7-15(13)14)21-11-17(23)22-19-16(18(20)24)9-10-25-19/h2-10,12,21H,11H2,1H3,(H2,20,24)(H,22,23)/p+1/t12-/m0/s1. The van der Waals surface area contributed by atoms with Crippen LogP contribution in [0.1, 0.15) is 28.9 Å². The fourth-order valence-corrected chi connectivity index (χ4v) is 3.64. The van der Waals surface area contributed by atoms with Crippen molar-refractivity contribution >= 4 is 38.9 Å². The van der Waals surface area contributed by atoms with Gasteiger partial charge in [-0.3, -0.25) is 9.59 Å². The number of nitrogens with one attached hydrogen (secondary N) is 1. The highest BCUT2D eigenvalue weighted by molar-refractivity contribution is 7.14. The maximum atomic E-state index is 12.2. The van der Waals surface area contributed by atoms with Gasteiger partial charge >= 0.3 is 0 Å². The fourth-order valence-electron chi connectivity index (χ4n) is 2.84. The monoisotopic (exact) mass is 354 g/mol. The summed E-state index contributed by atoms with van der Waals surface area (Å²) in [5.74, 6) is -0.693. The number of anilines is 1. The normalized spacial score (nSPS) is 12.0. The van der Waals surface area contributed by atoms with Crippen LogP contribution in [-0.4, -0.2) is 18.4 Å². The summed E-state index contributed by atoms with van der Waals surface area (Å²) in [6.45, 7) is 2.34. The predicted molar refractivity (Wildman–Crippen MR) is 101 cm³/mol. The van der Waals surface area contributed by atoms with Crippen molar-refractivity contribution in [2.24, 2.45) is 5.73 Å². The third kappa shape index (κ3) is 3.87. The number of nitrogens with two attached hydrogens (primary N) is 2. The molecule has 3 aromatic rings. The van der Waals surface area contributed by atoms with Gasteiger partial charge in [0.25, 0.3) is 11.8 Å².